The molecule has 4 unspecified atom stereocenters. The van der Waals surface area contributed by atoms with Gasteiger partial charge in [0.25, 0.3) is 0 Å². The number of phenolic OH excluding ortho intramolecular Hbond substituents is 2. The summed E-state index contributed by atoms with van der Waals surface area (Å²) >= 11 is -0.944. The van der Waals surface area contributed by atoms with Gasteiger partial charge in [-0.05, 0) is 91.9 Å². The van der Waals surface area contributed by atoms with Crippen LogP contribution in [-0.2, 0) is 32.8 Å². The third kappa shape index (κ3) is 5.82. The number of phenols is 2. The first kappa shape index (κ1) is 31.3. The van der Waals surface area contributed by atoms with Crippen molar-refractivity contribution in [3.63, 3.8) is 0 Å². The van der Waals surface area contributed by atoms with E-state index in [1.165, 1.54) is 11.1 Å². The molecule has 2 saturated heterocycles. The Labute approximate surface area is 247 Å². The third-order valence-corrected chi connectivity index (χ3v) is 11.7. The van der Waals surface area contributed by atoms with Crippen LogP contribution in [0.4, 0.5) is 0 Å². The molecule has 0 radical (unpaired) electrons. The fourth-order valence-electron chi connectivity index (χ4n) is 7.03. The first-order valence-electron chi connectivity index (χ1n) is 15.3. The molecule has 2 aromatic carbocycles. The molecule has 2 aromatic rings. The standard InChI is InChI=1S/C36H54O3S/c1-33(2,3)25-17-21(18-26(31(25)37)34(4,5)6)23-13-15-30-24(14-16-29(23)40(30)39)22-19-27(35(7,8)9)32(38)28(20-22)36(10,11)12/h17-20,23-24,29-30,37-38H,13-16H2,1-12H3. The summed E-state index contributed by atoms with van der Waals surface area (Å²) in [7, 11) is 0. The normalized spacial score (nSPS) is 26.2. The summed E-state index contributed by atoms with van der Waals surface area (Å²) in [4.78, 5) is 0. The van der Waals surface area contributed by atoms with Crippen LogP contribution in [0.5, 0.6) is 11.5 Å². The molecule has 222 valence electrons. The first-order valence-corrected chi connectivity index (χ1v) is 16.5. The summed E-state index contributed by atoms with van der Waals surface area (Å²) in [6, 6.07) is 8.85. The maximum Gasteiger partial charge on any atom is 0.123 e. The number of aromatic hydroxyl groups is 2. The Kier molecular flexibility index (Phi) is 8.03. The predicted octanol–water partition coefficient (Wildman–Crippen LogP) is 9.23. The van der Waals surface area contributed by atoms with E-state index in [0.717, 1.165) is 47.9 Å². The van der Waals surface area contributed by atoms with Gasteiger partial charge in [-0.2, -0.15) is 0 Å². The van der Waals surface area contributed by atoms with Crippen molar-refractivity contribution in [1.29, 1.82) is 0 Å². The molecule has 2 bridgehead atoms. The molecule has 2 heterocycles. The van der Waals surface area contributed by atoms with Gasteiger partial charge in [-0.3, -0.25) is 0 Å². The highest BCUT2D eigenvalue weighted by atomic mass is 32.2. The van der Waals surface area contributed by atoms with E-state index in [1.807, 2.05) is 0 Å². The Morgan fingerprint density at radius 2 is 0.775 bits per heavy atom. The van der Waals surface area contributed by atoms with Crippen LogP contribution in [0.25, 0.3) is 0 Å². The van der Waals surface area contributed by atoms with Gasteiger partial charge in [0.15, 0.2) is 0 Å². The Hall–Kier alpha value is -1.65. The Morgan fingerprint density at radius 1 is 0.525 bits per heavy atom. The van der Waals surface area contributed by atoms with Gasteiger partial charge >= 0.3 is 0 Å². The van der Waals surface area contributed by atoms with Crippen LogP contribution in [0.1, 0.15) is 154 Å². The summed E-state index contributed by atoms with van der Waals surface area (Å²) in [5.74, 6) is 1.32. The number of benzene rings is 2. The van der Waals surface area contributed by atoms with Crippen molar-refractivity contribution in [3.05, 3.63) is 57.6 Å². The SMILES string of the molecule is CC(C)(C)c1cc(C2CCC3C(c4cc(C(C)(C)C)c(O)c(C(C)(C)C)c4)CCC2[S+]3[O-])cc(C(C)(C)C)c1O. The van der Waals surface area contributed by atoms with Crippen LogP contribution in [-0.4, -0.2) is 25.3 Å². The molecule has 3 nitrogen and oxygen atoms in total. The molecule has 0 spiro atoms. The third-order valence-electron chi connectivity index (χ3n) is 9.37. The molecule has 4 heteroatoms. The lowest BCUT2D eigenvalue weighted by molar-refractivity contribution is 0.365. The summed E-state index contributed by atoms with van der Waals surface area (Å²) in [5, 5.41) is 22.8. The van der Waals surface area contributed by atoms with Crippen LogP contribution in [0.3, 0.4) is 0 Å². The number of rotatable bonds is 2. The van der Waals surface area contributed by atoms with Crippen molar-refractivity contribution in [2.45, 2.75) is 153 Å². The second kappa shape index (κ2) is 10.3. The highest BCUT2D eigenvalue weighted by Gasteiger charge is 2.50. The minimum absolute atomic E-state index is 0.140. The van der Waals surface area contributed by atoms with Crippen molar-refractivity contribution in [2.24, 2.45) is 0 Å². The lowest BCUT2D eigenvalue weighted by atomic mass is 9.73. The highest BCUT2D eigenvalue weighted by molar-refractivity contribution is 7.92. The fraction of sp³-hybridized carbons (Fsp3) is 0.667. The molecule has 4 rings (SSSR count). The van der Waals surface area contributed by atoms with Crippen LogP contribution in [0.2, 0.25) is 0 Å². The average Bonchev–Trinajstić information content (AvgIpc) is 2.77. The van der Waals surface area contributed by atoms with Gasteiger partial charge in [0.1, 0.15) is 22.0 Å². The van der Waals surface area contributed by atoms with Gasteiger partial charge in [0.05, 0.1) is 0 Å². The Morgan fingerprint density at radius 3 is 1.00 bits per heavy atom. The summed E-state index contributed by atoms with van der Waals surface area (Å²) < 4.78 is 14.2. The fourth-order valence-corrected chi connectivity index (χ4v) is 9.45. The molecule has 40 heavy (non-hydrogen) atoms. The van der Waals surface area contributed by atoms with Crippen LogP contribution < -0.4 is 0 Å². The molecule has 2 aliphatic heterocycles. The van der Waals surface area contributed by atoms with Crippen molar-refractivity contribution in [2.75, 3.05) is 0 Å². The minimum Gasteiger partial charge on any atom is -0.616 e. The summed E-state index contributed by atoms with van der Waals surface area (Å²) in [5.41, 5.74) is 5.75. The van der Waals surface area contributed by atoms with Crippen LogP contribution >= 0.6 is 0 Å². The van der Waals surface area contributed by atoms with Crippen LogP contribution in [0, 0.1) is 0 Å². The van der Waals surface area contributed by atoms with Crippen molar-refractivity contribution in [3.8, 4) is 11.5 Å². The second-order valence-electron chi connectivity index (χ2n) is 16.7. The second-order valence-corrected chi connectivity index (χ2v) is 18.6. The zero-order valence-electron chi connectivity index (χ0n) is 27.2. The maximum atomic E-state index is 14.2. The van der Waals surface area contributed by atoms with Crippen molar-refractivity contribution in [1.82, 2.24) is 0 Å². The smallest absolute Gasteiger partial charge is 0.123 e. The van der Waals surface area contributed by atoms with Crippen LogP contribution in [0.15, 0.2) is 24.3 Å². The molecule has 0 aromatic heterocycles. The van der Waals surface area contributed by atoms with Crippen molar-refractivity contribution >= 4 is 11.2 Å². The molecule has 2 aliphatic rings. The molecule has 0 saturated carbocycles. The summed E-state index contributed by atoms with van der Waals surface area (Å²) in [6.07, 6.45) is 3.91. The minimum atomic E-state index is -0.944. The molecule has 0 aliphatic carbocycles. The molecular formula is C36H54O3S. The van der Waals surface area contributed by atoms with E-state index >= 15 is 0 Å². The lowest BCUT2D eigenvalue weighted by Gasteiger charge is -2.46. The van der Waals surface area contributed by atoms with E-state index in [2.05, 4.69) is 107 Å². The maximum absolute atomic E-state index is 14.2. The monoisotopic (exact) mass is 566 g/mol. The number of hydrogen-bond acceptors (Lipinski definition) is 3. The number of hydrogen-bond donors (Lipinski definition) is 2. The molecule has 2 N–H and O–H groups in total. The van der Waals surface area contributed by atoms with Crippen molar-refractivity contribution < 1.29 is 14.8 Å². The Balaban J connectivity index is 1.73. The van der Waals surface area contributed by atoms with E-state index in [4.69, 9.17) is 0 Å². The van der Waals surface area contributed by atoms with Gasteiger partial charge < -0.3 is 14.8 Å². The van der Waals surface area contributed by atoms with Gasteiger partial charge in [-0.15, -0.1) is 0 Å². The highest BCUT2D eigenvalue weighted by Crippen LogP contribution is 2.53. The van der Waals surface area contributed by atoms with Gasteiger partial charge in [0, 0.05) is 11.8 Å². The lowest BCUT2D eigenvalue weighted by Crippen LogP contribution is -2.48. The van der Waals surface area contributed by atoms with E-state index in [1.54, 1.807) is 0 Å². The topological polar surface area (TPSA) is 63.5 Å². The quantitative estimate of drug-likeness (QED) is 0.356. The average molecular weight is 567 g/mol. The van der Waals surface area contributed by atoms with E-state index in [0.29, 0.717) is 11.5 Å². The van der Waals surface area contributed by atoms with Gasteiger partial charge in [-0.25, -0.2) is 0 Å². The predicted molar refractivity (Wildman–Crippen MR) is 171 cm³/mol. The van der Waals surface area contributed by atoms with Gasteiger partial charge in [0.2, 0.25) is 0 Å². The van der Waals surface area contributed by atoms with E-state index < -0.39 is 11.2 Å². The zero-order chi connectivity index (χ0) is 30.2. The molecule has 4 atom stereocenters. The molecule has 2 fully saturated rings. The molecular weight excluding hydrogens is 512 g/mol. The molecule has 0 amide bonds. The van der Waals surface area contributed by atoms with Gasteiger partial charge in [-0.1, -0.05) is 107 Å². The largest absolute Gasteiger partial charge is 0.616 e. The van der Waals surface area contributed by atoms with E-state index in [9.17, 15) is 14.8 Å². The first-order chi connectivity index (χ1) is 18.1. The number of fused-ring (bicyclic) bond motifs is 2. The zero-order valence-corrected chi connectivity index (χ0v) is 28.0. The summed E-state index contributed by atoms with van der Waals surface area (Å²) in [6.45, 7) is 25.9. The van der Waals surface area contributed by atoms with E-state index in [-0.39, 0.29) is 44.0 Å². The Bertz CT molecular complexity index is 1080.